The molecule has 1 atom stereocenters. The van der Waals surface area contributed by atoms with Crippen LogP contribution in [0.25, 0.3) is 10.9 Å². The lowest BCUT2D eigenvalue weighted by Crippen LogP contribution is -2.33. The van der Waals surface area contributed by atoms with Gasteiger partial charge in [0, 0.05) is 23.5 Å². The molecule has 0 fully saturated rings. The predicted octanol–water partition coefficient (Wildman–Crippen LogP) is 1.35. The number of halogens is 1. The fourth-order valence-electron chi connectivity index (χ4n) is 1.80. The molecule has 5 heteroatoms. The van der Waals surface area contributed by atoms with E-state index in [9.17, 15) is 9.18 Å². The van der Waals surface area contributed by atoms with Crippen molar-refractivity contribution in [2.75, 3.05) is 7.11 Å². The van der Waals surface area contributed by atoms with Crippen molar-refractivity contribution in [1.82, 2.24) is 4.98 Å². The van der Waals surface area contributed by atoms with Crippen LogP contribution < -0.4 is 5.73 Å². The molecular weight excluding hydrogens is 223 g/mol. The summed E-state index contributed by atoms with van der Waals surface area (Å²) in [4.78, 5) is 14.2. The molecule has 2 aromatic rings. The van der Waals surface area contributed by atoms with Crippen molar-refractivity contribution < 1.29 is 13.9 Å². The van der Waals surface area contributed by atoms with Crippen LogP contribution in [0.2, 0.25) is 0 Å². The number of hydrogen-bond acceptors (Lipinski definition) is 3. The number of ether oxygens (including phenoxy) is 1. The van der Waals surface area contributed by atoms with E-state index in [0.717, 1.165) is 10.9 Å². The van der Waals surface area contributed by atoms with E-state index >= 15 is 0 Å². The largest absolute Gasteiger partial charge is 0.468 e. The van der Waals surface area contributed by atoms with Gasteiger partial charge in [0.1, 0.15) is 11.9 Å². The molecule has 1 aromatic heterocycles. The Kier molecular flexibility index (Phi) is 3.10. The molecule has 0 radical (unpaired) electrons. The topological polar surface area (TPSA) is 68.1 Å². The number of carbonyl (C=O) groups is 1. The number of carbonyl (C=O) groups excluding carboxylic acids is 1. The molecule has 0 aliphatic rings. The van der Waals surface area contributed by atoms with E-state index in [2.05, 4.69) is 9.72 Å². The summed E-state index contributed by atoms with van der Waals surface area (Å²) in [6.45, 7) is 0. The Morgan fingerprint density at radius 1 is 1.59 bits per heavy atom. The van der Waals surface area contributed by atoms with Crippen molar-refractivity contribution in [3.8, 4) is 0 Å². The molecule has 1 unspecified atom stereocenters. The van der Waals surface area contributed by atoms with Crippen LogP contribution in [-0.2, 0) is 16.0 Å². The Labute approximate surface area is 97.6 Å². The summed E-state index contributed by atoms with van der Waals surface area (Å²) in [5.41, 5.74) is 7.24. The minimum absolute atomic E-state index is 0.303. The lowest BCUT2D eigenvalue weighted by molar-refractivity contribution is -0.142. The summed E-state index contributed by atoms with van der Waals surface area (Å²) in [5.74, 6) is -0.760. The molecule has 0 aliphatic carbocycles. The molecule has 0 spiro atoms. The van der Waals surface area contributed by atoms with Crippen molar-refractivity contribution in [3.05, 3.63) is 35.8 Å². The highest BCUT2D eigenvalue weighted by Crippen LogP contribution is 2.20. The third-order valence-corrected chi connectivity index (χ3v) is 2.67. The maximum atomic E-state index is 13.0. The molecule has 0 amide bonds. The minimum atomic E-state index is -0.705. The third-order valence-electron chi connectivity index (χ3n) is 2.67. The molecular formula is C12H13FN2O2. The van der Waals surface area contributed by atoms with Gasteiger partial charge < -0.3 is 15.5 Å². The van der Waals surface area contributed by atoms with E-state index in [1.165, 1.54) is 19.2 Å². The molecule has 0 saturated heterocycles. The third kappa shape index (κ3) is 2.29. The van der Waals surface area contributed by atoms with Gasteiger partial charge in [0.15, 0.2) is 0 Å². The van der Waals surface area contributed by atoms with E-state index < -0.39 is 12.0 Å². The van der Waals surface area contributed by atoms with Gasteiger partial charge in [-0.05, 0) is 23.8 Å². The summed E-state index contributed by atoms with van der Waals surface area (Å²) in [6.07, 6.45) is 2.09. The summed E-state index contributed by atoms with van der Waals surface area (Å²) in [5, 5.41) is 0.866. The van der Waals surface area contributed by atoms with Gasteiger partial charge in [-0.25, -0.2) is 4.39 Å². The zero-order valence-electron chi connectivity index (χ0n) is 9.37. The zero-order valence-corrected chi connectivity index (χ0v) is 9.37. The van der Waals surface area contributed by atoms with Crippen LogP contribution in [0.15, 0.2) is 24.4 Å². The fourth-order valence-corrected chi connectivity index (χ4v) is 1.80. The Morgan fingerprint density at radius 3 is 3.06 bits per heavy atom. The molecule has 17 heavy (non-hydrogen) atoms. The number of methoxy groups -OCH3 is 1. The Morgan fingerprint density at radius 2 is 2.35 bits per heavy atom. The quantitative estimate of drug-likeness (QED) is 0.790. The summed E-state index contributed by atoms with van der Waals surface area (Å²) < 4.78 is 17.5. The second-order valence-electron chi connectivity index (χ2n) is 3.84. The van der Waals surface area contributed by atoms with Crippen LogP contribution in [0.3, 0.4) is 0 Å². The lowest BCUT2D eigenvalue weighted by atomic mass is 10.1. The Hall–Kier alpha value is -1.88. The van der Waals surface area contributed by atoms with Crippen LogP contribution in [0.5, 0.6) is 0 Å². The standard InChI is InChI=1S/C12H13FN2O2/c1-17-12(16)10(14)4-7-6-15-11-5-8(13)2-3-9(7)11/h2-3,5-6,10,15H,4,14H2,1H3. The number of esters is 1. The maximum Gasteiger partial charge on any atom is 0.322 e. The summed E-state index contributed by atoms with van der Waals surface area (Å²) >= 11 is 0. The predicted molar refractivity (Wildman–Crippen MR) is 62.0 cm³/mol. The van der Waals surface area contributed by atoms with Gasteiger partial charge in [-0.1, -0.05) is 0 Å². The molecule has 90 valence electrons. The van der Waals surface area contributed by atoms with E-state index in [1.807, 2.05) is 0 Å². The van der Waals surface area contributed by atoms with Gasteiger partial charge in [0.25, 0.3) is 0 Å². The molecule has 0 saturated carbocycles. The monoisotopic (exact) mass is 236 g/mol. The zero-order chi connectivity index (χ0) is 12.4. The van der Waals surface area contributed by atoms with E-state index in [-0.39, 0.29) is 5.82 Å². The molecule has 1 heterocycles. The van der Waals surface area contributed by atoms with Gasteiger partial charge in [-0.2, -0.15) is 0 Å². The van der Waals surface area contributed by atoms with Crippen LogP contribution in [0.4, 0.5) is 4.39 Å². The SMILES string of the molecule is COC(=O)C(N)Cc1c[nH]c2cc(F)ccc12. The van der Waals surface area contributed by atoms with Gasteiger partial charge in [-0.15, -0.1) is 0 Å². The molecule has 0 bridgehead atoms. The van der Waals surface area contributed by atoms with Gasteiger partial charge >= 0.3 is 5.97 Å². The summed E-state index contributed by atoms with van der Waals surface area (Å²) in [6, 6.07) is 3.75. The average Bonchev–Trinajstić information content (AvgIpc) is 2.70. The van der Waals surface area contributed by atoms with Crippen molar-refractivity contribution in [2.45, 2.75) is 12.5 Å². The number of aromatic amines is 1. The number of aromatic nitrogens is 1. The van der Waals surface area contributed by atoms with Gasteiger partial charge in [0.05, 0.1) is 7.11 Å². The van der Waals surface area contributed by atoms with Crippen molar-refractivity contribution in [3.63, 3.8) is 0 Å². The first kappa shape index (κ1) is 11.6. The molecule has 2 rings (SSSR count). The first-order chi connectivity index (χ1) is 8.11. The van der Waals surface area contributed by atoms with Crippen molar-refractivity contribution in [1.29, 1.82) is 0 Å². The molecule has 4 nitrogen and oxygen atoms in total. The number of H-pyrrole nitrogens is 1. The second-order valence-corrected chi connectivity index (χ2v) is 3.84. The normalized spacial score (nSPS) is 12.6. The van der Waals surface area contributed by atoms with Crippen LogP contribution in [0.1, 0.15) is 5.56 Å². The fraction of sp³-hybridized carbons (Fsp3) is 0.250. The molecule has 1 aromatic carbocycles. The Balaban J connectivity index is 2.28. The van der Waals surface area contributed by atoms with Gasteiger partial charge in [0.2, 0.25) is 0 Å². The number of rotatable bonds is 3. The highest BCUT2D eigenvalue weighted by molar-refractivity contribution is 5.84. The lowest BCUT2D eigenvalue weighted by Gasteiger charge is -2.07. The van der Waals surface area contributed by atoms with E-state index in [1.54, 1.807) is 12.3 Å². The van der Waals surface area contributed by atoms with Crippen LogP contribution >= 0.6 is 0 Å². The molecule has 0 aliphatic heterocycles. The number of hydrogen-bond donors (Lipinski definition) is 2. The first-order valence-corrected chi connectivity index (χ1v) is 5.20. The second kappa shape index (κ2) is 4.55. The molecule has 3 N–H and O–H groups in total. The number of nitrogens with one attached hydrogen (secondary N) is 1. The highest BCUT2D eigenvalue weighted by atomic mass is 19.1. The number of nitrogens with two attached hydrogens (primary N) is 1. The maximum absolute atomic E-state index is 13.0. The van der Waals surface area contributed by atoms with Gasteiger partial charge in [-0.3, -0.25) is 4.79 Å². The average molecular weight is 236 g/mol. The smallest absolute Gasteiger partial charge is 0.322 e. The minimum Gasteiger partial charge on any atom is -0.468 e. The van der Waals surface area contributed by atoms with E-state index in [4.69, 9.17) is 5.73 Å². The number of fused-ring (bicyclic) bond motifs is 1. The van der Waals surface area contributed by atoms with Crippen LogP contribution in [-0.4, -0.2) is 24.1 Å². The van der Waals surface area contributed by atoms with Crippen LogP contribution in [0, 0.1) is 5.82 Å². The van der Waals surface area contributed by atoms with Crippen molar-refractivity contribution in [2.24, 2.45) is 5.73 Å². The highest BCUT2D eigenvalue weighted by Gasteiger charge is 2.16. The first-order valence-electron chi connectivity index (χ1n) is 5.20. The van der Waals surface area contributed by atoms with E-state index in [0.29, 0.717) is 11.9 Å². The number of benzene rings is 1. The summed E-state index contributed by atoms with van der Waals surface area (Å²) in [7, 11) is 1.30. The van der Waals surface area contributed by atoms with Crippen molar-refractivity contribution >= 4 is 16.9 Å². The Bertz CT molecular complexity index is 550.